The van der Waals surface area contributed by atoms with E-state index in [-0.39, 0.29) is 24.3 Å². The van der Waals surface area contributed by atoms with Crippen LogP contribution >= 0.6 is 0 Å². The molecule has 4 heteroatoms. The Kier molecular flexibility index (Phi) is 5.45. The summed E-state index contributed by atoms with van der Waals surface area (Å²) in [5, 5.41) is 2.76. The van der Waals surface area contributed by atoms with Gasteiger partial charge in [0.05, 0.1) is 0 Å². The Balaban J connectivity index is 2.47. The van der Waals surface area contributed by atoms with Gasteiger partial charge >= 0.3 is 0 Å². The van der Waals surface area contributed by atoms with E-state index in [0.29, 0.717) is 6.04 Å². The molecule has 4 nitrogen and oxygen atoms in total. The van der Waals surface area contributed by atoms with Gasteiger partial charge in [-0.15, -0.1) is 0 Å². The van der Waals surface area contributed by atoms with E-state index in [0.717, 1.165) is 25.8 Å². The van der Waals surface area contributed by atoms with Crippen molar-refractivity contribution in [3.05, 3.63) is 0 Å². The summed E-state index contributed by atoms with van der Waals surface area (Å²) in [7, 11) is 0. The Morgan fingerprint density at radius 1 is 1.35 bits per heavy atom. The molecule has 1 unspecified atom stereocenters. The molecule has 0 aromatic carbocycles. The van der Waals surface area contributed by atoms with Gasteiger partial charge in [0.25, 0.3) is 0 Å². The zero-order chi connectivity index (χ0) is 12.8. The number of likely N-dealkylation sites (tertiary alicyclic amines) is 1. The van der Waals surface area contributed by atoms with Crippen molar-refractivity contribution in [2.45, 2.75) is 65.0 Å². The average molecular weight is 240 g/mol. The first-order valence-corrected chi connectivity index (χ1v) is 6.63. The maximum Gasteiger partial charge on any atom is 0.232 e. The number of hydrogen-bond donors (Lipinski definition) is 1. The van der Waals surface area contributed by atoms with Crippen LogP contribution in [0.5, 0.6) is 0 Å². The lowest BCUT2D eigenvalue weighted by molar-refractivity contribution is -0.139. The molecule has 0 aliphatic carbocycles. The second-order valence-corrected chi connectivity index (χ2v) is 5.04. The van der Waals surface area contributed by atoms with E-state index in [9.17, 15) is 9.59 Å². The van der Waals surface area contributed by atoms with Crippen molar-refractivity contribution in [1.82, 2.24) is 10.2 Å². The van der Waals surface area contributed by atoms with Gasteiger partial charge in [0.1, 0.15) is 6.42 Å². The summed E-state index contributed by atoms with van der Waals surface area (Å²) in [5.41, 5.74) is 0. The van der Waals surface area contributed by atoms with E-state index in [4.69, 9.17) is 0 Å². The maximum absolute atomic E-state index is 12.0. The molecule has 0 aromatic heterocycles. The number of hydrogen-bond acceptors (Lipinski definition) is 2. The van der Waals surface area contributed by atoms with Crippen molar-refractivity contribution < 1.29 is 9.59 Å². The molecule has 0 radical (unpaired) electrons. The highest BCUT2D eigenvalue weighted by atomic mass is 16.2. The second kappa shape index (κ2) is 6.62. The van der Waals surface area contributed by atoms with Crippen LogP contribution in [0.15, 0.2) is 0 Å². The van der Waals surface area contributed by atoms with E-state index in [1.54, 1.807) is 0 Å². The molecule has 1 N–H and O–H groups in total. The lowest BCUT2D eigenvalue weighted by atomic mass is 9.99. The molecular weight excluding hydrogens is 216 g/mol. The van der Waals surface area contributed by atoms with Gasteiger partial charge in [-0.2, -0.15) is 0 Å². The van der Waals surface area contributed by atoms with Crippen molar-refractivity contribution >= 4 is 11.8 Å². The van der Waals surface area contributed by atoms with Crippen LogP contribution in [0.1, 0.15) is 52.9 Å². The number of piperidine rings is 1. The van der Waals surface area contributed by atoms with Crippen LogP contribution in [0.4, 0.5) is 0 Å². The summed E-state index contributed by atoms with van der Waals surface area (Å²) >= 11 is 0. The van der Waals surface area contributed by atoms with Crippen molar-refractivity contribution in [1.29, 1.82) is 0 Å². The fourth-order valence-corrected chi connectivity index (χ4v) is 2.37. The van der Waals surface area contributed by atoms with Crippen LogP contribution in [-0.4, -0.2) is 35.3 Å². The highest BCUT2D eigenvalue weighted by Crippen LogP contribution is 2.20. The molecule has 1 aliphatic heterocycles. The fourth-order valence-electron chi connectivity index (χ4n) is 2.37. The number of carbonyl (C=O) groups is 2. The van der Waals surface area contributed by atoms with Gasteiger partial charge in [0, 0.05) is 18.6 Å². The molecule has 1 atom stereocenters. The minimum Gasteiger partial charge on any atom is -0.353 e. The Bertz CT molecular complexity index is 277. The zero-order valence-corrected chi connectivity index (χ0v) is 11.2. The SMILES string of the molecule is CCC1CCCCN1C(=O)CC(=O)NC(C)C. The van der Waals surface area contributed by atoms with Crippen molar-refractivity contribution in [2.75, 3.05) is 6.54 Å². The van der Waals surface area contributed by atoms with E-state index in [1.807, 2.05) is 18.7 Å². The number of amides is 2. The summed E-state index contributed by atoms with van der Waals surface area (Å²) in [6, 6.07) is 0.432. The Labute approximate surface area is 104 Å². The molecule has 1 saturated heterocycles. The fraction of sp³-hybridized carbons (Fsp3) is 0.846. The first-order valence-electron chi connectivity index (χ1n) is 6.63. The third-order valence-electron chi connectivity index (χ3n) is 3.18. The summed E-state index contributed by atoms with van der Waals surface area (Å²) in [6.45, 7) is 6.72. The lowest BCUT2D eigenvalue weighted by Gasteiger charge is -2.35. The Hall–Kier alpha value is -1.06. The number of nitrogens with zero attached hydrogens (tertiary/aromatic N) is 1. The normalized spacial score (nSPS) is 20.5. The number of nitrogens with one attached hydrogen (secondary N) is 1. The van der Waals surface area contributed by atoms with Gasteiger partial charge in [-0.3, -0.25) is 9.59 Å². The van der Waals surface area contributed by atoms with Crippen molar-refractivity contribution in [3.63, 3.8) is 0 Å². The van der Waals surface area contributed by atoms with E-state index >= 15 is 0 Å². The first kappa shape index (κ1) is 14.0. The quantitative estimate of drug-likeness (QED) is 0.760. The van der Waals surface area contributed by atoms with E-state index in [2.05, 4.69) is 12.2 Å². The van der Waals surface area contributed by atoms with Gasteiger partial charge in [0.15, 0.2) is 0 Å². The van der Waals surface area contributed by atoms with E-state index < -0.39 is 0 Å². The standard InChI is InChI=1S/C13H24N2O2/c1-4-11-7-5-6-8-15(11)13(17)9-12(16)14-10(2)3/h10-11H,4-9H2,1-3H3,(H,14,16). The molecule has 0 saturated carbocycles. The molecule has 0 bridgehead atoms. The number of carbonyl (C=O) groups excluding carboxylic acids is 2. The molecule has 1 rings (SSSR count). The monoisotopic (exact) mass is 240 g/mol. The molecule has 0 aromatic rings. The van der Waals surface area contributed by atoms with Crippen molar-refractivity contribution in [3.8, 4) is 0 Å². The largest absolute Gasteiger partial charge is 0.353 e. The Morgan fingerprint density at radius 3 is 2.65 bits per heavy atom. The molecule has 0 spiro atoms. The molecule has 1 aliphatic rings. The van der Waals surface area contributed by atoms with Gasteiger partial charge in [-0.05, 0) is 39.5 Å². The van der Waals surface area contributed by atoms with Crippen LogP contribution < -0.4 is 5.32 Å². The second-order valence-electron chi connectivity index (χ2n) is 5.04. The highest BCUT2D eigenvalue weighted by Gasteiger charge is 2.26. The predicted molar refractivity (Wildman–Crippen MR) is 67.5 cm³/mol. The van der Waals surface area contributed by atoms with Gasteiger partial charge in [-0.25, -0.2) is 0 Å². The van der Waals surface area contributed by atoms with Gasteiger partial charge in [0.2, 0.25) is 11.8 Å². The zero-order valence-electron chi connectivity index (χ0n) is 11.2. The average Bonchev–Trinajstić information content (AvgIpc) is 2.27. The first-order chi connectivity index (χ1) is 8.04. The smallest absolute Gasteiger partial charge is 0.232 e. The molecule has 17 heavy (non-hydrogen) atoms. The Morgan fingerprint density at radius 2 is 2.06 bits per heavy atom. The molecule has 1 heterocycles. The van der Waals surface area contributed by atoms with Crippen molar-refractivity contribution in [2.24, 2.45) is 0 Å². The minimum atomic E-state index is -0.162. The summed E-state index contributed by atoms with van der Waals surface area (Å²) in [6.07, 6.45) is 4.31. The van der Waals surface area contributed by atoms with Gasteiger partial charge < -0.3 is 10.2 Å². The van der Waals surface area contributed by atoms with Gasteiger partial charge in [-0.1, -0.05) is 6.92 Å². The lowest BCUT2D eigenvalue weighted by Crippen LogP contribution is -2.45. The maximum atomic E-state index is 12.0. The summed E-state index contributed by atoms with van der Waals surface area (Å²) in [4.78, 5) is 25.5. The predicted octanol–water partition coefficient (Wildman–Crippen LogP) is 1.69. The topological polar surface area (TPSA) is 49.4 Å². The summed E-state index contributed by atoms with van der Waals surface area (Å²) in [5.74, 6) is -0.180. The third-order valence-corrected chi connectivity index (χ3v) is 3.18. The van der Waals surface area contributed by atoms with Crippen LogP contribution in [0.2, 0.25) is 0 Å². The molecule has 98 valence electrons. The third kappa shape index (κ3) is 4.36. The highest BCUT2D eigenvalue weighted by molar-refractivity contribution is 5.97. The molecular formula is C13H24N2O2. The minimum absolute atomic E-state index is 0.00528. The van der Waals surface area contributed by atoms with Crippen LogP contribution in [-0.2, 0) is 9.59 Å². The number of rotatable bonds is 4. The van der Waals surface area contributed by atoms with Crippen LogP contribution in [0.25, 0.3) is 0 Å². The summed E-state index contributed by atoms with van der Waals surface area (Å²) < 4.78 is 0. The molecule has 1 fully saturated rings. The van der Waals surface area contributed by atoms with Crippen LogP contribution in [0, 0.1) is 0 Å². The van der Waals surface area contributed by atoms with E-state index in [1.165, 1.54) is 6.42 Å². The molecule has 2 amide bonds. The van der Waals surface area contributed by atoms with Crippen LogP contribution in [0.3, 0.4) is 0 Å².